The van der Waals surface area contributed by atoms with E-state index in [0.29, 0.717) is 24.7 Å². The van der Waals surface area contributed by atoms with E-state index in [1.807, 2.05) is 24.3 Å². The molecule has 5 nitrogen and oxygen atoms in total. The highest BCUT2D eigenvalue weighted by molar-refractivity contribution is 6.31. The number of amides is 1. The van der Waals surface area contributed by atoms with Crippen molar-refractivity contribution in [2.75, 3.05) is 19.6 Å². The number of carbonyl (C=O) groups excluding carboxylic acids is 1. The van der Waals surface area contributed by atoms with Gasteiger partial charge in [0, 0.05) is 30.4 Å². The molecule has 1 fully saturated rings. The number of piperazine rings is 1. The van der Waals surface area contributed by atoms with E-state index in [1.165, 1.54) is 0 Å². The maximum atomic E-state index is 12.9. The molecule has 2 heterocycles. The molecule has 1 aliphatic heterocycles. The Bertz CT molecular complexity index is 787. The van der Waals surface area contributed by atoms with Crippen LogP contribution in [0.3, 0.4) is 0 Å². The van der Waals surface area contributed by atoms with E-state index in [0.717, 1.165) is 11.3 Å². The molecule has 2 aromatic rings. The molecule has 0 bridgehead atoms. The van der Waals surface area contributed by atoms with Crippen molar-refractivity contribution in [1.29, 1.82) is 0 Å². The van der Waals surface area contributed by atoms with E-state index in [2.05, 4.69) is 10.3 Å². The Labute approximate surface area is 139 Å². The van der Waals surface area contributed by atoms with E-state index in [4.69, 9.17) is 11.6 Å². The highest BCUT2D eigenvalue weighted by atomic mass is 35.5. The molecule has 1 aromatic heterocycles. The normalized spacial score (nSPS) is 18.0. The molecule has 120 valence electrons. The van der Waals surface area contributed by atoms with Crippen LogP contribution in [-0.2, 0) is 0 Å². The molecular weight excluding hydrogens is 314 g/mol. The minimum atomic E-state index is -0.355. The first-order chi connectivity index (χ1) is 11.1. The summed E-state index contributed by atoms with van der Waals surface area (Å²) in [5, 5.41) is 3.90. The summed E-state index contributed by atoms with van der Waals surface area (Å²) in [6.07, 6.45) is 0. The van der Waals surface area contributed by atoms with Gasteiger partial charge in [0.05, 0.1) is 6.04 Å². The standard InChI is InChI=1S/C17H18ClN3O2/c1-11-6-7-13(16(22)20-11)17(23)21-9-8-19-10-15(21)12-4-2-3-5-14(12)18/h2-7,15,19H,8-10H2,1H3,(H,20,22). The number of hydrogen-bond donors (Lipinski definition) is 2. The molecule has 3 rings (SSSR count). The summed E-state index contributed by atoms with van der Waals surface area (Å²) >= 11 is 6.29. The van der Waals surface area contributed by atoms with Crippen LogP contribution in [-0.4, -0.2) is 35.4 Å². The molecule has 0 spiro atoms. The maximum Gasteiger partial charge on any atom is 0.260 e. The summed E-state index contributed by atoms with van der Waals surface area (Å²) in [4.78, 5) is 29.4. The van der Waals surface area contributed by atoms with Gasteiger partial charge in [-0.3, -0.25) is 9.59 Å². The summed E-state index contributed by atoms with van der Waals surface area (Å²) in [6, 6.07) is 10.6. The predicted molar refractivity (Wildman–Crippen MR) is 89.9 cm³/mol. The van der Waals surface area contributed by atoms with Crippen molar-refractivity contribution in [1.82, 2.24) is 15.2 Å². The van der Waals surface area contributed by atoms with Crippen molar-refractivity contribution in [3.8, 4) is 0 Å². The lowest BCUT2D eigenvalue weighted by atomic mass is 10.0. The van der Waals surface area contributed by atoms with Crippen molar-refractivity contribution < 1.29 is 4.79 Å². The monoisotopic (exact) mass is 331 g/mol. The summed E-state index contributed by atoms with van der Waals surface area (Å²) in [6.45, 7) is 3.62. The Hall–Kier alpha value is -2.11. The average molecular weight is 332 g/mol. The van der Waals surface area contributed by atoms with Gasteiger partial charge in [-0.05, 0) is 30.7 Å². The van der Waals surface area contributed by atoms with Crippen LogP contribution in [0.1, 0.15) is 27.7 Å². The second kappa shape index (κ2) is 6.56. The second-order valence-electron chi connectivity index (χ2n) is 5.62. The van der Waals surface area contributed by atoms with Crippen LogP contribution in [0.2, 0.25) is 5.02 Å². The average Bonchev–Trinajstić information content (AvgIpc) is 2.55. The fourth-order valence-corrected chi connectivity index (χ4v) is 3.13. The number of nitrogens with one attached hydrogen (secondary N) is 2. The molecule has 1 atom stereocenters. The Kier molecular flexibility index (Phi) is 4.50. The second-order valence-corrected chi connectivity index (χ2v) is 6.03. The van der Waals surface area contributed by atoms with Gasteiger partial charge in [-0.15, -0.1) is 0 Å². The van der Waals surface area contributed by atoms with Crippen LogP contribution in [0.5, 0.6) is 0 Å². The van der Waals surface area contributed by atoms with Crippen LogP contribution >= 0.6 is 11.6 Å². The van der Waals surface area contributed by atoms with E-state index in [-0.39, 0.29) is 23.1 Å². The van der Waals surface area contributed by atoms with Gasteiger partial charge in [0.2, 0.25) is 0 Å². The number of aromatic nitrogens is 1. The highest BCUT2D eigenvalue weighted by Crippen LogP contribution is 2.29. The number of hydrogen-bond acceptors (Lipinski definition) is 3. The number of benzene rings is 1. The van der Waals surface area contributed by atoms with Gasteiger partial charge >= 0.3 is 0 Å². The first kappa shape index (κ1) is 15.8. The van der Waals surface area contributed by atoms with E-state index < -0.39 is 0 Å². The zero-order valence-corrected chi connectivity index (χ0v) is 13.6. The number of aryl methyl sites for hydroxylation is 1. The van der Waals surface area contributed by atoms with Gasteiger partial charge in [0.15, 0.2) is 0 Å². The largest absolute Gasteiger partial charge is 0.329 e. The molecule has 23 heavy (non-hydrogen) atoms. The molecule has 6 heteroatoms. The van der Waals surface area contributed by atoms with Gasteiger partial charge in [-0.2, -0.15) is 0 Å². The Morgan fingerprint density at radius 1 is 1.26 bits per heavy atom. The first-order valence-corrected chi connectivity index (χ1v) is 7.92. The molecule has 1 aliphatic rings. The van der Waals surface area contributed by atoms with Crippen molar-refractivity contribution in [2.45, 2.75) is 13.0 Å². The molecule has 2 N–H and O–H groups in total. The zero-order valence-electron chi connectivity index (χ0n) is 12.8. The smallest absolute Gasteiger partial charge is 0.260 e. The summed E-state index contributed by atoms with van der Waals surface area (Å²) in [7, 11) is 0. The third-order valence-corrected chi connectivity index (χ3v) is 4.40. The van der Waals surface area contributed by atoms with Crippen LogP contribution < -0.4 is 10.9 Å². The predicted octanol–water partition coefficient (Wildman–Crippen LogP) is 2.12. The van der Waals surface area contributed by atoms with Crippen LogP contribution in [0, 0.1) is 6.92 Å². The van der Waals surface area contributed by atoms with Crippen molar-refractivity contribution in [3.63, 3.8) is 0 Å². The lowest BCUT2D eigenvalue weighted by molar-refractivity contribution is 0.0632. The third-order valence-electron chi connectivity index (χ3n) is 4.05. The molecular formula is C17H18ClN3O2. The fraction of sp³-hybridized carbons (Fsp3) is 0.294. The maximum absolute atomic E-state index is 12.9. The van der Waals surface area contributed by atoms with Gasteiger partial charge in [-0.1, -0.05) is 29.8 Å². The number of pyridine rings is 1. The van der Waals surface area contributed by atoms with Gasteiger partial charge in [-0.25, -0.2) is 0 Å². The number of carbonyl (C=O) groups is 1. The quantitative estimate of drug-likeness (QED) is 0.886. The lowest BCUT2D eigenvalue weighted by Gasteiger charge is -2.36. The Morgan fingerprint density at radius 3 is 2.78 bits per heavy atom. The van der Waals surface area contributed by atoms with Crippen LogP contribution in [0.4, 0.5) is 0 Å². The Morgan fingerprint density at radius 2 is 2.04 bits per heavy atom. The van der Waals surface area contributed by atoms with Crippen molar-refractivity contribution in [3.05, 3.63) is 68.6 Å². The third kappa shape index (κ3) is 3.16. The molecule has 1 unspecified atom stereocenters. The number of nitrogens with zero attached hydrogens (tertiary/aromatic N) is 1. The fourth-order valence-electron chi connectivity index (χ4n) is 2.87. The van der Waals surface area contributed by atoms with Gasteiger partial charge in [0.25, 0.3) is 11.5 Å². The highest BCUT2D eigenvalue weighted by Gasteiger charge is 2.30. The minimum absolute atomic E-state index is 0.162. The molecule has 0 aliphatic carbocycles. The SMILES string of the molecule is Cc1ccc(C(=O)N2CCNCC2c2ccccc2Cl)c(=O)[nH]1. The molecule has 1 saturated heterocycles. The first-order valence-electron chi connectivity index (χ1n) is 7.54. The van der Waals surface area contributed by atoms with Crippen molar-refractivity contribution >= 4 is 17.5 Å². The Balaban J connectivity index is 1.97. The van der Waals surface area contributed by atoms with Gasteiger partial charge in [0.1, 0.15) is 5.56 Å². The van der Waals surface area contributed by atoms with E-state index in [9.17, 15) is 9.59 Å². The number of halogens is 1. The lowest BCUT2D eigenvalue weighted by Crippen LogP contribution is -2.49. The van der Waals surface area contributed by atoms with Crippen molar-refractivity contribution in [2.24, 2.45) is 0 Å². The topological polar surface area (TPSA) is 65.2 Å². The summed E-state index contributed by atoms with van der Waals surface area (Å²) < 4.78 is 0. The molecule has 0 saturated carbocycles. The number of H-pyrrole nitrogens is 1. The van der Waals surface area contributed by atoms with Crippen LogP contribution in [0.15, 0.2) is 41.2 Å². The molecule has 1 aromatic carbocycles. The van der Waals surface area contributed by atoms with Crippen LogP contribution in [0.25, 0.3) is 0 Å². The molecule has 0 radical (unpaired) electrons. The minimum Gasteiger partial charge on any atom is -0.329 e. The zero-order chi connectivity index (χ0) is 16.4. The summed E-state index contributed by atoms with van der Waals surface area (Å²) in [5.41, 5.74) is 1.42. The van der Waals surface area contributed by atoms with Gasteiger partial charge < -0.3 is 15.2 Å². The van der Waals surface area contributed by atoms with E-state index >= 15 is 0 Å². The number of aromatic amines is 1. The number of rotatable bonds is 2. The molecule has 1 amide bonds. The summed E-state index contributed by atoms with van der Waals surface area (Å²) in [5.74, 6) is -0.266. The van der Waals surface area contributed by atoms with E-state index in [1.54, 1.807) is 24.0 Å².